The van der Waals surface area contributed by atoms with Crippen molar-refractivity contribution in [3.63, 3.8) is 0 Å². The Balaban J connectivity index is 1.46. The monoisotopic (exact) mass is 569 g/mol. The minimum atomic E-state index is -4.47. The topological polar surface area (TPSA) is 64.3 Å². The maximum atomic E-state index is 13.6. The number of nitrogens with zero attached hydrogens (tertiary/aromatic N) is 5. The molecule has 0 aliphatic carbocycles. The average Bonchev–Trinajstić information content (AvgIpc) is 3.32. The second kappa shape index (κ2) is 12.2. The molecule has 0 bridgehead atoms. The van der Waals surface area contributed by atoms with Crippen molar-refractivity contribution < 1.29 is 22.6 Å². The van der Waals surface area contributed by atoms with Crippen molar-refractivity contribution in [2.24, 2.45) is 4.99 Å². The van der Waals surface area contributed by atoms with Crippen LogP contribution in [0.5, 0.6) is 11.5 Å². The highest BCUT2D eigenvalue weighted by molar-refractivity contribution is 6.30. The maximum Gasteiger partial charge on any atom is 0.416 e. The number of benzene rings is 3. The molecule has 0 aromatic heterocycles. The van der Waals surface area contributed by atoms with Crippen molar-refractivity contribution in [2.45, 2.75) is 12.2 Å². The van der Waals surface area contributed by atoms with Crippen LogP contribution >= 0.6 is 11.6 Å². The number of hydrogen-bond donors (Lipinski definition) is 0. The van der Waals surface area contributed by atoms with Crippen LogP contribution in [-0.4, -0.2) is 61.7 Å². The van der Waals surface area contributed by atoms with Crippen LogP contribution < -0.4 is 9.64 Å². The lowest BCUT2D eigenvalue weighted by atomic mass is 10.0. The minimum absolute atomic E-state index is 0.370. The van der Waals surface area contributed by atoms with E-state index in [1.54, 1.807) is 42.5 Å². The van der Waals surface area contributed by atoms with Crippen molar-refractivity contribution in [3.8, 4) is 17.7 Å². The van der Waals surface area contributed by atoms with Crippen LogP contribution in [0.15, 0.2) is 77.8 Å². The normalized spacial score (nSPS) is 19.2. The predicted molar refractivity (Wildman–Crippen MR) is 147 cm³/mol. The number of anilines is 1. The fourth-order valence-electron chi connectivity index (χ4n) is 4.90. The lowest BCUT2D eigenvalue weighted by Gasteiger charge is -2.29. The molecule has 2 aliphatic heterocycles. The first-order chi connectivity index (χ1) is 19.3. The van der Waals surface area contributed by atoms with Crippen LogP contribution in [-0.2, 0) is 10.9 Å². The number of aliphatic imine (C=N–C) groups is 1. The number of rotatable bonds is 7. The first-order valence-electron chi connectivity index (χ1n) is 12.8. The van der Waals surface area contributed by atoms with E-state index in [0.717, 1.165) is 19.2 Å². The Hall–Kier alpha value is -3.78. The van der Waals surface area contributed by atoms with E-state index in [-0.39, 0.29) is 0 Å². The molecule has 0 N–H and O–H groups in total. The molecule has 3 aromatic carbocycles. The van der Waals surface area contributed by atoms with Gasteiger partial charge in [0.2, 0.25) is 12.2 Å². The molecule has 2 aliphatic rings. The Bertz CT molecular complexity index is 1370. The predicted octanol–water partition coefficient (Wildman–Crippen LogP) is 6.18. The molecule has 3 aromatic rings. The van der Waals surface area contributed by atoms with E-state index in [0.29, 0.717) is 66.6 Å². The summed E-state index contributed by atoms with van der Waals surface area (Å²) in [4.78, 5) is 10.2. The van der Waals surface area contributed by atoms with E-state index in [1.165, 1.54) is 12.1 Å². The Morgan fingerprint density at radius 2 is 1.65 bits per heavy atom. The third-order valence-electron chi connectivity index (χ3n) is 6.91. The quantitative estimate of drug-likeness (QED) is 0.317. The van der Waals surface area contributed by atoms with Crippen LogP contribution in [0.4, 0.5) is 18.9 Å². The van der Waals surface area contributed by atoms with Gasteiger partial charge < -0.3 is 19.3 Å². The summed E-state index contributed by atoms with van der Waals surface area (Å²) in [5.74, 6) is 1.58. The third kappa shape index (κ3) is 6.50. The van der Waals surface area contributed by atoms with Gasteiger partial charge in [-0.2, -0.15) is 18.4 Å². The van der Waals surface area contributed by atoms with Gasteiger partial charge >= 0.3 is 6.18 Å². The van der Waals surface area contributed by atoms with Gasteiger partial charge in [0, 0.05) is 43.4 Å². The summed E-state index contributed by atoms with van der Waals surface area (Å²) in [5, 5.41) is 10.2. The summed E-state index contributed by atoms with van der Waals surface area (Å²) < 4.78 is 52.1. The number of guanidine groups is 1. The van der Waals surface area contributed by atoms with Crippen LogP contribution in [0.1, 0.15) is 17.2 Å². The molecule has 2 heterocycles. The fraction of sp³-hybridized carbons (Fsp3) is 0.310. The molecule has 0 saturated carbocycles. The fourth-order valence-corrected chi connectivity index (χ4v) is 5.02. The minimum Gasteiger partial charge on any atom is -0.457 e. The number of morpholine rings is 1. The Labute approximate surface area is 235 Å². The summed E-state index contributed by atoms with van der Waals surface area (Å²) in [6.45, 7) is 4.55. The summed E-state index contributed by atoms with van der Waals surface area (Å²) in [6, 6.07) is 19.0. The zero-order valence-electron chi connectivity index (χ0n) is 21.5. The summed E-state index contributed by atoms with van der Waals surface area (Å²) in [5.41, 5.74) is 0.437. The number of alkyl halides is 3. The van der Waals surface area contributed by atoms with Crippen LogP contribution in [0.2, 0.25) is 5.02 Å². The van der Waals surface area contributed by atoms with Gasteiger partial charge in [-0.05, 0) is 66.2 Å². The highest BCUT2D eigenvalue weighted by atomic mass is 35.5. The first kappa shape index (κ1) is 27.8. The molecule has 1 atom stereocenters. The van der Waals surface area contributed by atoms with Crippen molar-refractivity contribution >= 4 is 23.2 Å². The Morgan fingerprint density at radius 1 is 0.975 bits per heavy atom. The van der Waals surface area contributed by atoms with Crippen molar-refractivity contribution in [3.05, 3.63) is 88.9 Å². The molecule has 0 spiro atoms. The van der Waals surface area contributed by atoms with Crippen LogP contribution in [0.3, 0.4) is 0 Å². The number of nitriles is 1. The van der Waals surface area contributed by atoms with E-state index in [9.17, 15) is 18.4 Å². The zero-order valence-corrected chi connectivity index (χ0v) is 22.3. The van der Waals surface area contributed by atoms with Crippen molar-refractivity contribution in [1.29, 1.82) is 5.26 Å². The standard InChI is InChI=1S/C29H27ClF3N5O2/c30-23-4-8-25(9-5-23)40-26-10-6-24(7-11-26)38-27(21-2-1-3-22(18-21)29(31,32)33)19-37(28(38)35-20-34)13-12-36-14-16-39-17-15-36/h1-11,18,27H,12-17,19H2. The molecule has 0 amide bonds. The van der Waals surface area contributed by atoms with Gasteiger partial charge in [0.15, 0.2) is 0 Å². The van der Waals surface area contributed by atoms with Gasteiger partial charge in [0.1, 0.15) is 11.5 Å². The maximum absolute atomic E-state index is 13.6. The molecule has 40 heavy (non-hydrogen) atoms. The van der Waals surface area contributed by atoms with E-state index in [2.05, 4.69) is 9.89 Å². The summed E-state index contributed by atoms with van der Waals surface area (Å²) in [7, 11) is 0. The average molecular weight is 570 g/mol. The lowest BCUT2D eigenvalue weighted by molar-refractivity contribution is -0.137. The summed E-state index contributed by atoms with van der Waals surface area (Å²) in [6.07, 6.45) is -2.58. The highest BCUT2D eigenvalue weighted by Gasteiger charge is 2.39. The molecule has 0 radical (unpaired) electrons. The largest absolute Gasteiger partial charge is 0.457 e. The molecular formula is C29H27ClF3N5O2. The van der Waals surface area contributed by atoms with Crippen LogP contribution in [0, 0.1) is 11.5 Å². The van der Waals surface area contributed by atoms with Crippen molar-refractivity contribution in [2.75, 3.05) is 50.8 Å². The van der Waals surface area contributed by atoms with Gasteiger partial charge in [0.25, 0.3) is 0 Å². The molecule has 208 valence electrons. The van der Waals surface area contributed by atoms with E-state index in [4.69, 9.17) is 21.1 Å². The molecule has 7 nitrogen and oxygen atoms in total. The highest BCUT2D eigenvalue weighted by Crippen LogP contribution is 2.38. The van der Waals surface area contributed by atoms with E-state index in [1.807, 2.05) is 28.1 Å². The molecule has 5 rings (SSSR count). The third-order valence-corrected chi connectivity index (χ3v) is 7.16. The molecule has 11 heteroatoms. The zero-order chi connectivity index (χ0) is 28.1. The second-order valence-electron chi connectivity index (χ2n) is 9.47. The molecule has 2 fully saturated rings. The number of hydrogen-bond acceptors (Lipinski definition) is 5. The number of ether oxygens (including phenoxy) is 2. The summed E-state index contributed by atoms with van der Waals surface area (Å²) >= 11 is 5.95. The molecule has 2 saturated heterocycles. The van der Waals surface area contributed by atoms with Gasteiger partial charge in [-0.15, -0.1) is 4.99 Å². The molecular weight excluding hydrogens is 543 g/mol. The molecule has 1 unspecified atom stereocenters. The van der Waals surface area contributed by atoms with Gasteiger partial charge in [-0.25, -0.2) is 0 Å². The van der Waals surface area contributed by atoms with Crippen molar-refractivity contribution in [1.82, 2.24) is 9.80 Å². The first-order valence-corrected chi connectivity index (χ1v) is 13.2. The van der Waals surface area contributed by atoms with E-state index >= 15 is 0 Å². The van der Waals surface area contributed by atoms with Gasteiger partial charge in [-0.1, -0.05) is 23.7 Å². The Kier molecular flexibility index (Phi) is 8.45. The lowest BCUT2D eigenvalue weighted by Crippen LogP contribution is -2.43. The number of halogens is 4. The smallest absolute Gasteiger partial charge is 0.416 e. The van der Waals surface area contributed by atoms with Gasteiger partial charge in [-0.3, -0.25) is 4.90 Å². The van der Waals surface area contributed by atoms with Crippen LogP contribution in [0.25, 0.3) is 0 Å². The Morgan fingerprint density at radius 3 is 2.30 bits per heavy atom. The SMILES string of the molecule is N#CN=C1N(CCN2CCOCC2)CC(c2cccc(C(F)(F)F)c2)N1c1ccc(Oc2ccc(Cl)cc2)cc1. The second-order valence-corrected chi connectivity index (χ2v) is 9.91. The van der Waals surface area contributed by atoms with Gasteiger partial charge in [0.05, 0.1) is 24.8 Å². The van der Waals surface area contributed by atoms with E-state index < -0.39 is 17.8 Å².